The van der Waals surface area contributed by atoms with E-state index in [1.165, 1.54) is 5.56 Å². The van der Waals surface area contributed by atoms with Gasteiger partial charge in [-0.3, -0.25) is 0 Å². The van der Waals surface area contributed by atoms with Gasteiger partial charge in [-0.1, -0.05) is 29.8 Å². The number of likely N-dealkylation sites (tertiary alicyclic amines) is 1. The Morgan fingerprint density at radius 2 is 1.95 bits per heavy atom. The highest BCUT2D eigenvalue weighted by Crippen LogP contribution is 2.36. The number of hydrogen-bond acceptors (Lipinski definition) is 2. The fraction of sp³-hybridized carbons (Fsp3) is 0.294. The molecule has 1 saturated heterocycles. The Hall–Kier alpha value is -1.51. The third kappa shape index (κ3) is 2.97. The number of rotatable bonds is 3. The van der Waals surface area contributed by atoms with Crippen LogP contribution in [0.3, 0.4) is 0 Å². The summed E-state index contributed by atoms with van der Waals surface area (Å²) in [4.78, 5) is 2.35. The summed E-state index contributed by atoms with van der Waals surface area (Å²) in [6, 6.07) is 15.8. The minimum absolute atomic E-state index is 0.498. The van der Waals surface area contributed by atoms with Crippen LogP contribution in [-0.4, -0.2) is 25.0 Å². The first-order valence-corrected chi connectivity index (χ1v) is 7.31. The second-order valence-corrected chi connectivity index (χ2v) is 5.78. The summed E-state index contributed by atoms with van der Waals surface area (Å²) < 4.78 is 6.03. The van der Waals surface area contributed by atoms with Crippen molar-refractivity contribution in [1.82, 2.24) is 4.90 Å². The van der Waals surface area contributed by atoms with Crippen molar-refractivity contribution >= 4 is 11.6 Å². The van der Waals surface area contributed by atoms with Crippen LogP contribution in [-0.2, 0) is 0 Å². The zero-order valence-corrected chi connectivity index (χ0v) is 12.3. The van der Waals surface area contributed by atoms with Gasteiger partial charge in [0, 0.05) is 23.0 Å². The summed E-state index contributed by atoms with van der Waals surface area (Å²) in [5, 5.41) is 0.773. The Kier molecular flexibility index (Phi) is 3.95. The van der Waals surface area contributed by atoms with Gasteiger partial charge in [-0.25, -0.2) is 0 Å². The van der Waals surface area contributed by atoms with Gasteiger partial charge >= 0.3 is 0 Å². The summed E-state index contributed by atoms with van der Waals surface area (Å²) in [7, 11) is 2.16. The first-order chi connectivity index (χ1) is 9.72. The van der Waals surface area contributed by atoms with Crippen molar-refractivity contribution < 1.29 is 4.74 Å². The van der Waals surface area contributed by atoms with E-state index in [-0.39, 0.29) is 0 Å². The van der Waals surface area contributed by atoms with E-state index in [4.69, 9.17) is 16.3 Å². The SMILES string of the molecule is CN1CCC(c2cc(Cl)ccc2Oc2ccccc2)C1. The van der Waals surface area contributed by atoms with E-state index in [1.54, 1.807) is 0 Å². The van der Waals surface area contributed by atoms with Gasteiger partial charge < -0.3 is 9.64 Å². The molecule has 2 aromatic carbocycles. The van der Waals surface area contributed by atoms with Gasteiger partial charge in [0.15, 0.2) is 0 Å². The minimum atomic E-state index is 0.498. The van der Waals surface area contributed by atoms with Gasteiger partial charge in [0.1, 0.15) is 11.5 Å². The maximum Gasteiger partial charge on any atom is 0.131 e. The third-order valence-corrected chi connectivity index (χ3v) is 4.01. The molecule has 2 aromatic rings. The van der Waals surface area contributed by atoms with Crippen molar-refractivity contribution in [2.24, 2.45) is 0 Å². The van der Waals surface area contributed by atoms with Gasteiger partial charge in [0.25, 0.3) is 0 Å². The van der Waals surface area contributed by atoms with Crippen LogP contribution in [0.1, 0.15) is 17.9 Å². The zero-order chi connectivity index (χ0) is 13.9. The predicted molar refractivity (Wildman–Crippen MR) is 82.8 cm³/mol. The number of halogens is 1. The molecule has 3 rings (SSSR count). The Labute approximate surface area is 124 Å². The second kappa shape index (κ2) is 5.86. The second-order valence-electron chi connectivity index (χ2n) is 5.35. The molecular formula is C17H18ClNO. The molecule has 0 amide bonds. The van der Waals surface area contributed by atoms with Crippen LogP contribution in [0.25, 0.3) is 0 Å². The average molecular weight is 288 g/mol. The molecule has 1 fully saturated rings. The van der Waals surface area contributed by atoms with Crippen molar-refractivity contribution in [3.05, 3.63) is 59.1 Å². The molecule has 104 valence electrons. The number of likely N-dealkylation sites (N-methyl/N-ethyl adjacent to an activating group) is 1. The molecule has 1 heterocycles. The van der Waals surface area contributed by atoms with Crippen LogP contribution in [0.4, 0.5) is 0 Å². The molecule has 1 aliphatic rings. The van der Waals surface area contributed by atoms with E-state index in [1.807, 2.05) is 48.5 Å². The van der Waals surface area contributed by atoms with Gasteiger partial charge in [0.05, 0.1) is 0 Å². The molecule has 0 saturated carbocycles. The topological polar surface area (TPSA) is 12.5 Å². The Morgan fingerprint density at radius 3 is 2.65 bits per heavy atom. The van der Waals surface area contributed by atoms with E-state index in [0.717, 1.165) is 36.0 Å². The largest absolute Gasteiger partial charge is 0.457 e. The van der Waals surface area contributed by atoms with Crippen molar-refractivity contribution in [2.75, 3.05) is 20.1 Å². The lowest BCUT2D eigenvalue weighted by Crippen LogP contribution is -2.13. The fourth-order valence-corrected chi connectivity index (χ4v) is 2.92. The maximum atomic E-state index is 6.17. The highest BCUT2D eigenvalue weighted by molar-refractivity contribution is 6.30. The van der Waals surface area contributed by atoms with Crippen LogP contribution in [0.15, 0.2) is 48.5 Å². The van der Waals surface area contributed by atoms with Crippen LogP contribution in [0.5, 0.6) is 11.5 Å². The molecule has 1 aliphatic heterocycles. The number of hydrogen-bond donors (Lipinski definition) is 0. The molecule has 1 unspecified atom stereocenters. The summed E-state index contributed by atoms with van der Waals surface area (Å²) in [6.07, 6.45) is 1.15. The standard InChI is InChI=1S/C17H18ClNO/c1-19-10-9-13(12-19)16-11-14(18)7-8-17(16)20-15-5-3-2-4-6-15/h2-8,11,13H,9-10,12H2,1H3. The normalized spacial score (nSPS) is 19.2. The summed E-state index contributed by atoms with van der Waals surface area (Å²) in [5.74, 6) is 2.28. The van der Waals surface area contributed by atoms with E-state index in [9.17, 15) is 0 Å². The highest BCUT2D eigenvalue weighted by Gasteiger charge is 2.24. The Balaban J connectivity index is 1.90. The van der Waals surface area contributed by atoms with Gasteiger partial charge in [-0.05, 0) is 50.3 Å². The van der Waals surface area contributed by atoms with Crippen LogP contribution in [0, 0.1) is 0 Å². The van der Waals surface area contributed by atoms with E-state index in [2.05, 4.69) is 11.9 Å². The van der Waals surface area contributed by atoms with Crippen molar-refractivity contribution in [3.63, 3.8) is 0 Å². The Morgan fingerprint density at radius 1 is 1.15 bits per heavy atom. The molecule has 0 N–H and O–H groups in total. The molecule has 0 radical (unpaired) electrons. The van der Waals surface area contributed by atoms with Crippen molar-refractivity contribution in [1.29, 1.82) is 0 Å². The Bertz CT molecular complexity index is 585. The molecule has 0 aromatic heterocycles. The van der Waals surface area contributed by atoms with E-state index < -0.39 is 0 Å². The quantitative estimate of drug-likeness (QED) is 0.821. The van der Waals surface area contributed by atoms with Gasteiger partial charge in [-0.2, -0.15) is 0 Å². The first kappa shape index (κ1) is 13.5. The smallest absolute Gasteiger partial charge is 0.131 e. The van der Waals surface area contributed by atoms with E-state index in [0.29, 0.717) is 5.92 Å². The number of ether oxygens (including phenoxy) is 1. The zero-order valence-electron chi connectivity index (χ0n) is 11.6. The van der Waals surface area contributed by atoms with Crippen LogP contribution < -0.4 is 4.74 Å². The molecule has 3 heteroatoms. The van der Waals surface area contributed by atoms with Crippen LogP contribution >= 0.6 is 11.6 Å². The summed E-state index contributed by atoms with van der Waals surface area (Å²) >= 11 is 6.17. The van der Waals surface area contributed by atoms with Gasteiger partial charge in [-0.15, -0.1) is 0 Å². The minimum Gasteiger partial charge on any atom is -0.457 e. The lowest BCUT2D eigenvalue weighted by Gasteiger charge is -2.16. The molecule has 1 atom stereocenters. The van der Waals surface area contributed by atoms with Crippen LogP contribution in [0.2, 0.25) is 5.02 Å². The highest BCUT2D eigenvalue weighted by atomic mass is 35.5. The molecule has 0 aliphatic carbocycles. The van der Waals surface area contributed by atoms with Crippen molar-refractivity contribution in [2.45, 2.75) is 12.3 Å². The lowest BCUT2D eigenvalue weighted by atomic mass is 9.97. The molecule has 0 spiro atoms. The average Bonchev–Trinajstić information content (AvgIpc) is 2.88. The van der Waals surface area contributed by atoms with Gasteiger partial charge in [0.2, 0.25) is 0 Å². The molecule has 20 heavy (non-hydrogen) atoms. The first-order valence-electron chi connectivity index (χ1n) is 6.93. The summed E-state index contributed by atoms with van der Waals surface area (Å²) in [6.45, 7) is 2.19. The molecular weight excluding hydrogens is 270 g/mol. The number of benzene rings is 2. The fourth-order valence-electron chi connectivity index (χ4n) is 2.74. The summed E-state index contributed by atoms with van der Waals surface area (Å²) in [5.41, 5.74) is 1.21. The molecule has 2 nitrogen and oxygen atoms in total. The van der Waals surface area contributed by atoms with Crippen molar-refractivity contribution in [3.8, 4) is 11.5 Å². The predicted octanol–water partition coefficient (Wildman–Crippen LogP) is 4.55. The van der Waals surface area contributed by atoms with E-state index >= 15 is 0 Å². The maximum absolute atomic E-state index is 6.17. The lowest BCUT2D eigenvalue weighted by molar-refractivity contribution is 0.408. The monoisotopic (exact) mass is 287 g/mol. The molecule has 0 bridgehead atoms. The number of nitrogens with zero attached hydrogens (tertiary/aromatic N) is 1. The number of para-hydroxylation sites is 1. The third-order valence-electron chi connectivity index (χ3n) is 3.77.